The fraction of sp³-hybridized carbons (Fsp3) is 0.556. The first-order valence-electron chi connectivity index (χ1n) is 11.2. The van der Waals surface area contributed by atoms with Gasteiger partial charge in [-0.05, 0) is 53.4 Å². The molecule has 3 N–H and O–H groups in total. The predicted molar refractivity (Wildman–Crippen MR) is 129 cm³/mol. The molecule has 0 aliphatic carbocycles. The van der Waals surface area contributed by atoms with Crippen LogP contribution in [0.3, 0.4) is 0 Å². The highest BCUT2D eigenvalue weighted by Crippen LogP contribution is 2.34. The lowest BCUT2D eigenvalue weighted by Gasteiger charge is -2.27. The summed E-state index contributed by atoms with van der Waals surface area (Å²) in [6.07, 6.45) is 0.636. The zero-order valence-electron chi connectivity index (χ0n) is 20.6. The largest absolute Gasteiger partial charge is 0.507 e. The van der Waals surface area contributed by atoms with Crippen molar-refractivity contribution >= 4 is 0 Å². The van der Waals surface area contributed by atoms with Crippen molar-refractivity contribution in [3.05, 3.63) is 57.6 Å². The Labute approximate surface area is 188 Å². The first-order valence-corrected chi connectivity index (χ1v) is 11.2. The van der Waals surface area contributed by atoms with Gasteiger partial charge in [-0.1, -0.05) is 65.8 Å². The maximum atomic E-state index is 10.8. The molecule has 4 heteroatoms. The van der Waals surface area contributed by atoms with Crippen LogP contribution in [-0.2, 0) is 23.9 Å². The van der Waals surface area contributed by atoms with Gasteiger partial charge in [0.05, 0.1) is 0 Å². The average Bonchev–Trinajstić information content (AvgIpc) is 2.64. The van der Waals surface area contributed by atoms with E-state index in [2.05, 4.69) is 70.7 Å². The summed E-state index contributed by atoms with van der Waals surface area (Å²) in [7, 11) is 0. The third kappa shape index (κ3) is 6.47. The second-order valence-electron chi connectivity index (χ2n) is 10.9. The first-order chi connectivity index (χ1) is 14.2. The van der Waals surface area contributed by atoms with Crippen LogP contribution < -0.4 is 0 Å². The van der Waals surface area contributed by atoms with E-state index in [1.807, 2.05) is 13.8 Å². The highest BCUT2D eigenvalue weighted by Gasteiger charge is 2.21. The number of hydrogen-bond donors (Lipinski definition) is 3. The van der Waals surface area contributed by atoms with Crippen LogP contribution in [0.1, 0.15) is 81.3 Å². The Bertz CT molecular complexity index is 833. The second-order valence-corrected chi connectivity index (χ2v) is 10.9. The van der Waals surface area contributed by atoms with Crippen LogP contribution in [-0.4, -0.2) is 33.4 Å². The minimum Gasteiger partial charge on any atom is -0.507 e. The Kier molecular flexibility index (Phi) is 7.83. The van der Waals surface area contributed by atoms with Crippen molar-refractivity contribution in [3.63, 3.8) is 0 Å². The quantitative estimate of drug-likeness (QED) is 0.531. The summed E-state index contributed by atoms with van der Waals surface area (Å²) in [6, 6.07) is 8.29. The van der Waals surface area contributed by atoms with E-state index in [-0.39, 0.29) is 17.4 Å². The number of aliphatic hydroxyl groups excluding tert-OH is 1. The monoisotopic (exact) mass is 427 g/mol. The van der Waals surface area contributed by atoms with Crippen molar-refractivity contribution < 1.29 is 15.3 Å². The lowest BCUT2D eigenvalue weighted by atomic mass is 9.84. The number of rotatable bonds is 7. The molecule has 0 saturated carbocycles. The Morgan fingerprint density at radius 2 is 1.10 bits per heavy atom. The summed E-state index contributed by atoms with van der Waals surface area (Å²) in [5.74, 6) is 0.650. The Balaban J connectivity index is 2.43. The molecule has 4 nitrogen and oxygen atoms in total. The number of phenols is 2. The maximum absolute atomic E-state index is 10.8. The molecule has 2 aromatic carbocycles. The van der Waals surface area contributed by atoms with E-state index in [0.29, 0.717) is 37.6 Å². The van der Waals surface area contributed by atoms with Gasteiger partial charge in [-0.2, -0.15) is 0 Å². The van der Waals surface area contributed by atoms with Crippen LogP contribution in [0.5, 0.6) is 11.5 Å². The van der Waals surface area contributed by atoms with Gasteiger partial charge in [-0.15, -0.1) is 0 Å². The maximum Gasteiger partial charge on any atom is 0.122 e. The highest BCUT2D eigenvalue weighted by molar-refractivity contribution is 5.46. The van der Waals surface area contributed by atoms with Crippen LogP contribution in [0, 0.1) is 13.8 Å². The van der Waals surface area contributed by atoms with E-state index >= 15 is 0 Å². The van der Waals surface area contributed by atoms with Gasteiger partial charge in [0.25, 0.3) is 0 Å². The number of aryl methyl sites for hydroxylation is 2. The van der Waals surface area contributed by atoms with Crippen molar-refractivity contribution in [2.45, 2.75) is 85.7 Å². The molecule has 0 aliphatic rings. The molecular formula is C27H41NO3. The minimum absolute atomic E-state index is 0.0143. The molecular weight excluding hydrogens is 386 g/mol. The molecule has 0 aromatic heterocycles. The summed E-state index contributed by atoms with van der Waals surface area (Å²) in [5.41, 5.74) is 5.86. The van der Waals surface area contributed by atoms with E-state index in [1.54, 1.807) is 0 Å². The van der Waals surface area contributed by atoms with Crippen molar-refractivity contribution in [1.82, 2.24) is 4.90 Å². The summed E-state index contributed by atoms with van der Waals surface area (Å²) in [5, 5.41) is 30.9. The second kappa shape index (κ2) is 9.62. The van der Waals surface area contributed by atoms with Gasteiger partial charge in [-0.25, -0.2) is 0 Å². The summed E-state index contributed by atoms with van der Waals surface area (Å²) >= 11 is 0. The van der Waals surface area contributed by atoms with Gasteiger partial charge >= 0.3 is 0 Å². The summed E-state index contributed by atoms with van der Waals surface area (Å²) < 4.78 is 0. The SMILES string of the molecule is Cc1cc(C(C)(C)C)cc(CN(CCCO)Cc2cc(C(C)(C)C)cc(C)c2O)c1O. The Morgan fingerprint density at radius 1 is 0.710 bits per heavy atom. The normalized spacial score (nSPS) is 12.6. The smallest absolute Gasteiger partial charge is 0.122 e. The zero-order chi connectivity index (χ0) is 23.6. The van der Waals surface area contributed by atoms with Gasteiger partial charge in [0.1, 0.15) is 11.5 Å². The molecule has 0 aliphatic heterocycles. The van der Waals surface area contributed by atoms with Crippen molar-refractivity contribution in [1.29, 1.82) is 0 Å². The van der Waals surface area contributed by atoms with Gasteiger partial charge < -0.3 is 15.3 Å². The zero-order valence-corrected chi connectivity index (χ0v) is 20.6. The Morgan fingerprint density at radius 3 is 1.42 bits per heavy atom. The highest BCUT2D eigenvalue weighted by atomic mass is 16.3. The number of hydrogen-bond acceptors (Lipinski definition) is 4. The van der Waals surface area contributed by atoms with E-state index in [1.165, 1.54) is 11.1 Å². The number of aliphatic hydroxyl groups is 1. The van der Waals surface area contributed by atoms with Crippen molar-refractivity contribution in [2.24, 2.45) is 0 Å². The number of nitrogens with zero attached hydrogens (tertiary/aromatic N) is 1. The third-order valence-electron chi connectivity index (χ3n) is 5.91. The lowest BCUT2D eigenvalue weighted by Crippen LogP contribution is -2.26. The molecule has 2 rings (SSSR count). The first kappa shape index (κ1) is 25.2. The average molecular weight is 428 g/mol. The van der Waals surface area contributed by atoms with Gasteiger partial charge in [0.2, 0.25) is 0 Å². The summed E-state index contributed by atoms with van der Waals surface area (Å²) in [6.45, 7) is 18.8. The minimum atomic E-state index is -0.0143. The van der Waals surface area contributed by atoms with E-state index in [4.69, 9.17) is 0 Å². The van der Waals surface area contributed by atoms with Gasteiger partial charge in [-0.3, -0.25) is 4.90 Å². The molecule has 0 fully saturated rings. The molecule has 0 bridgehead atoms. The van der Waals surface area contributed by atoms with Crippen LogP contribution in [0.4, 0.5) is 0 Å². The molecule has 0 unspecified atom stereocenters. The molecule has 2 aromatic rings. The molecule has 0 saturated heterocycles. The standard InChI is InChI=1S/C27H41NO3/c1-18-12-22(26(3,4)5)14-20(24(18)30)16-28(10-9-11-29)17-21-15-23(27(6,7)8)13-19(2)25(21)31/h12-15,29-31H,9-11,16-17H2,1-8H3. The molecule has 0 radical (unpaired) electrons. The van der Waals surface area contributed by atoms with Gasteiger partial charge in [0, 0.05) is 37.4 Å². The molecule has 0 heterocycles. The fourth-order valence-corrected chi connectivity index (χ4v) is 3.80. The van der Waals surface area contributed by atoms with Crippen LogP contribution in [0.2, 0.25) is 0 Å². The van der Waals surface area contributed by atoms with Gasteiger partial charge in [0.15, 0.2) is 0 Å². The van der Waals surface area contributed by atoms with Crippen LogP contribution in [0.15, 0.2) is 24.3 Å². The van der Waals surface area contributed by atoms with Crippen LogP contribution in [0.25, 0.3) is 0 Å². The van der Waals surface area contributed by atoms with E-state index < -0.39 is 0 Å². The van der Waals surface area contributed by atoms with Crippen molar-refractivity contribution in [2.75, 3.05) is 13.2 Å². The van der Waals surface area contributed by atoms with Crippen molar-refractivity contribution in [3.8, 4) is 11.5 Å². The number of phenolic OH excluding ortho intramolecular Hbond substituents is 2. The topological polar surface area (TPSA) is 63.9 Å². The van der Waals surface area contributed by atoms with Crippen LogP contribution >= 0.6 is 0 Å². The lowest BCUT2D eigenvalue weighted by molar-refractivity contribution is 0.209. The van der Waals surface area contributed by atoms with E-state index in [9.17, 15) is 15.3 Å². The fourth-order valence-electron chi connectivity index (χ4n) is 3.80. The molecule has 0 atom stereocenters. The molecule has 0 spiro atoms. The molecule has 0 amide bonds. The summed E-state index contributed by atoms with van der Waals surface area (Å²) in [4.78, 5) is 2.19. The third-order valence-corrected chi connectivity index (χ3v) is 5.91. The molecule has 31 heavy (non-hydrogen) atoms. The van der Waals surface area contributed by atoms with E-state index in [0.717, 1.165) is 22.3 Å². The Hall–Kier alpha value is -2.04. The number of benzene rings is 2. The predicted octanol–water partition coefficient (Wildman–Crippen LogP) is 5.69. The molecule has 172 valence electrons. The number of aromatic hydroxyl groups is 2.